The molecule has 0 radical (unpaired) electrons. The van der Waals surface area contributed by atoms with Gasteiger partial charge in [0.15, 0.2) is 0 Å². The normalized spacial score (nSPS) is 10.9. The number of fused-ring (bicyclic) bond motifs is 1. The topological polar surface area (TPSA) is 34.9 Å². The largest absolute Gasteiger partial charge is 0.308 e. The van der Waals surface area contributed by atoms with Crippen molar-refractivity contribution in [1.82, 2.24) is 9.55 Å². The highest BCUT2D eigenvalue weighted by molar-refractivity contribution is 5.81. The molecule has 3 heteroatoms. The Morgan fingerprint density at radius 1 is 0.950 bits per heavy atom. The Morgan fingerprint density at radius 3 is 2.30 bits per heavy atom. The summed E-state index contributed by atoms with van der Waals surface area (Å²) in [5, 5.41) is 0. The summed E-state index contributed by atoms with van der Waals surface area (Å²) >= 11 is 0. The fourth-order valence-electron chi connectivity index (χ4n) is 2.39. The summed E-state index contributed by atoms with van der Waals surface area (Å²) in [6, 6.07) is 14.4. The van der Waals surface area contributed by atoms with Gasteiger partial charge >= 0.3 is 0 Å². The zero-order valence-electron chi connectivity index (χ0n) is 11.8. The minimum Gasteiger partial charge on any atom is -0.308 e. The maximum Gasteiger partial charge on any atom is 0.272 e. The number of aromatic nitrogens is 2. The van der Waals surface area contributed by atoms with E-state index in [0.717, 1.165) is 22.2 Å². The summed E-state index contributed by atoms with van der Waals surface area (Å²) in [5.41, 5.74) is 5.67. The minimum absolute atomic E-state index is 0.0430. The van der Waals surface area contributed by atoms with Crippen LogP contribution in [0.3, 0.4) is 0 Å². The van der Waals surface area contributed by atoms with Gasteiger partial charge in [-0.1, -0.05) is 35.9 Å². The lowest BCUT2D eigenvalue weighted by Gasteiger charge is -2.08. The third-order valence-corrected chi connectivity index (χ3v) is 3.62. The van der Waals surface area contributed by atoms with Gasteiger partial charge in [-0.3, -0.25) is 4.79 Å². The molecule has 0 aliphatic rings. The number of hydrogen-bond donors (Lipinski definition) is 0. The summed E-state index contributed by atoms with van der Waals surface area (Å²) in [4.78, 5) is 16.3. The van der Waals surface area contributed by atoms with Crippen LogP contribution in [0.15, 0.2) is 47.3 Å². The van der Waals surface area contributed by atoms with Crippen molar-refractivity contribution in [2.75, 3.05) is 0 Å². The van der Waals surface area contributed by atoms with Crippen LogP contribution in [0.4, 0.5) is 0 Å². The smallest absolute Gasteiger partial charge is 0.272 e. The van der Waals surface area contributed by atoms with Gasteiger partial charge in [-0.2, -0.15) is 0 Å². The van der Waals surface area contributed by atoms with Crippen LogP contribution in [0.5, 0.6) is 0 Å². The molecule has 100 valence electrons. The highest BCUT2D eigenvalue weighted by atomic mass is 16.1. The average Bonchev–Trinajstić information content (AvgIpc) is 2.46. The molecule has 1 aromatic heterocycles. The van der Waals surface area contributed by atoms with Gasteiger partial charge in [-0.25, -0.2) is 4.98 Å². The van der Waals surface area contributed by atoms with Gasteiger partial charge in [0.1, 0.15) is 5.69 Å². The van der Waals surface area contributed by atoms with Crippen molar-refractivity contribution < 1.29 is 0 Å². The summed E-state index contributed by atoms with van der Waals surface area (Å²) < 4.78 is 1.66. The van der Waals surface area contributed by atoms with E-state index in [1.165, 1.54) is 5.56 Å². The molecule has 0 saturated carbocycles. The lowest BCUT2D eigenvalue weighted by atomic mass is 10.0. The van der Waals surface area contributed by atoms with Gasteiger partial charge in [0.05, 0.1) is 11.0 Å². The Hall–Kier alpha value is -2.42. The quantitative estimate of drug-likeness (QED) is 0.676. The van der Waals surface area contributed by atoms with Crippen molar-refractivity contribution in [1.29, 1.82) is 0 Å². The van der Waals surface area contributed by atoms with E-state index in [1.54, 1.807) is 18.5 Å². The number of benzene rings is 2. The number of nitrogens with zero attached hydrogens (tertiary/aromatic N) is 2. The molecule has 3 nitrogen and oxygen atoms in total. The van der Waals surface area contributed by atoms with Crippen molar-refractivity contribution in [2.24, 2.45) is 7.05 Å². The molecule has 0 saturated heterocycles. The van der Waals surface area contributed by atoms with Gasteiger partial charge in [0, 0.05) is 7.05 Å². The number of hydrogen-bond acceptors (Lipinski definition) is 2. The van der Waals surface area contributed by atoms with E-state index in [2.05, 4.69) is 36.2 Å². The molecule has 2 aromatic carbocycles. The van der Waals surface area contributed by atoms with E-state index in [9.17, 15) is 4.79 Å². The summed E-state index contributed by atoms with van der Waals surface area (Å²) in [5.74, 6) is 0. The summed E-state index contributed by atoms with van der Waals surface area (Å²) in [6.45, 7) is 3.82. The molecule has 0 bridgehead atoms. The zero-order chi connectivity index (χ0) is 14.3. The fraction of sp³-hybridized carbons (Fsp3) is 0.176. The van der Waals surface area contributed by atoms with Crippen molar-refractivity contribution in [3.63, 3.8) is 0 Å². The van der Waals surface area contributed by atoms with Crippen LogP contribution in [-0.2, 0) is 7.05 Å². The Balaban J connectivity index is 2.25. The second-order valence-corrected chi connectivity index (χ2v) is 5.13. The van der Waals surface area contributed by atoms with Crippen LogP contribution in [0.25, 0.3) is 22.2 Å². The van der Waals surface area contributed by atoms with E-state index in [0.29, 0.717) is 5.69 Å². The van der Waals surface area contributed by atoms with E-state index < -0.39 is 0 Å². The van der Waals surface area contributed by atoms with E-state index in [-0.39, 0.29) is 5.56 Å². The van der Waals surface area contributed by atoms with Crippen LogP contribution in [0.1, 0.15) is 11.3 Å². The molecule has 0 fully saturated rings. The first kappa shape index (κ1) is 12.6. The van der Waals surface area contributed by atoms with Crippen molar-refractivity contribution in [3.05, 3.63) is 64.1 Å². The van der Waals surface area contributed by atoms with Crippen LogP contribution < -0.4 is 5.56 Å². The molecular formula is C17H16N2O. The SMILES string of the molecule is Cc1ccc(-c2ccc3nc(C)c(=O)n(C)c3c2)cc1. The summed E-state index contributed by atoms with van der Waals surface area (Å²) in [7, 11) is 1.79. The molecule has 0 unspecified atom stereocenters. The standard InChI is InChI=1S/C17H16N2O/c1-11-4-6-13(7-5-11)14-8-9-15-16(10-14)19(3)17(20)12(2)18-15/h4-10H,1-3H3. The first-order valence-electron chi connectivity index (χ1n) is 6.61. The van der Waals surface area contributed by atoms with Gasteiger partial charge in [0.2, 0.25) is 0 Å². The van der Waals surface area contributed by atoms with Crippen molar-refractivity contribution in [3.8, 4) is 11.1 Å². The maximum absolute atomic E-state index is 12.0. The van der Waals surface area contributed by atoms with Crippen LogP contribution >= 0.6 is 0 Å². The third kappa shape index (κ3) is 2.01. The van der Waals surface area contributed by atoms with Gasteiger partial charge < -0.3 is 4.57 Å². The van der Waals surface area contributed by atoms with E-state index in [1.807, 2.05) is 18.2 Å². The Morgan fingerprint density at radius 2 is 1.60 bits per heavy atom. The second-order valence-electron chi connectivity index (χ2n) is 5.13. The van der Waals surface area contributed by atoms with Crippen molar-refractivity contribution in [2.45, 2.75) is 13.8 Å². The van der Waals surface area contributed by atoms with Crippen LogP contribution in [0.2, 0.25) is 0 Å². The molecule has 0 aliphatic carbocycles. The molecule has 0 amide bonds. The fourth-order valence-corrected chi connectivity index (χ4v) is 2.39. The second kappa shape index (κ2) is 4.60. The first-order valence-corrected chi connectivity index (χ1v) is 6.61. The van der Waals surface area contributed by atoms with Gasteiger partial charge in [-0.05, 0) is 37.1 Å². The zero-order valence-corrected chi connectivity index (χ0v) is 11.8. The minimum atomic E-state index is -0.0430. The Labute approximate surface area is 117 Å². The molecular weight excluding hydrogens is 248 g/mol. The predicted molar refractivity (Wildman–Crippen MR) is 81.9 cm³/mol. The first-order chi connectivity index (χ1) is 9.56. The highest BCUT2D eigenvalue weighted by Crippen LogP contribution is 2.23. The average molecular weight is 264 g/mol. The third-order valence-electron chi connectivity index (χ3n) is 3.62. The lowest BCUT2D eigenvalue weighted by molar-refractivity contribution is 0.872. The monoisotopic (exact) mass is 264 g/mol. The van der Waals surface area contributed by atoms with E-state index in [4.69, 9.17) is 0 Å². The summed E-state index contributed by atoms with van der Waals surface area (Å²) in [6.07, 6.45) is 0. The Kier molecular flexibility index (Phi) is 2.90. The van der Waals surface area contributed by atoms with Crippen LogP contribution in [-0.4, -0.2) is 9.55 Å². The van der Waals surface area contributed by atoms with Gasteiger partial charge in [-0.15, -0.1) is 0 Å². The van der Waals surface area contributed by atoms with Gasteiger partial charge in [0.25, 0.3) is 5.56 Å². The molecule has 0 N–H and O–H groups in total. The number of aryl methyl sites for hydroxylation is 3. The molecule has 0 spiro atoms. The van der Waals surface area contributed by atoms with Crippen molar-refractivity contribution >= 4 is 11.0 Å². The predicted octanol–water partition coefficient (Wildman–Crippen LogP) is 3.22. The Bertz CT molecular complexity index is 845. The molecule has 0 aliphatic heterocycles. The molecule has 0 atom stereocenters. The molecule has 3 aromatic rings. The van der Waals surface area contributed by atoms with E-state index >= 15 is 0 Å². The maximum atomic E-state index is 12.0. The molecule has 1 heterocycles. The highest BCUT2D eigenvalue weighted by Gasteiger charge is 2.06. The number of rotatable bonds is 1. The molecule has 20 heavy (non-hydrogen) atoms. The molecule has 3 rings (SSSR count). The van der Waals surface area contributed by atoms with Crippen LogP contribution in [0, 0.1) is 13.8 Å². The lowest BCUT2D eigenvalue weighted by Crippen LogP contribution is -2.21.